The first-order chi connectivity index (χ1) is 19.3. The maximum atomic E-state index is 13.6. The number of hydrazone groups is 1. The van der Waals surface area contributed by atoms with E-state index in [2.05, 4.69) is 10.5 Å². The van der Waals surface area contributed by atoms with Crippen LogP contribution in [0.2, 0.25) is 0 Å². The van der Waals surface area contributed by atoms with E-state index < -0.39 is 22.5 Å². The van der Waals surface area contributed by atoms with Crippen molar-refractivity contribution in [3.63, 3.8) is 0 Å². The summed E-state index contributed by atoms with van der Waals surface area (Å²) in [4.78, 5) is 13.9. The van der Waals surface area contributed by atoms with Crippen molar-refractivity contribution in [2.75, 3.05) is 36.9 Å². The van der Waals surface area contributed by atoms with Gasteiger partial charge in [-0.25, -0.2) is 13.8 Å². The van der Waals surface area contributed by atoms with Gasteiger partial charge < -0.3 is 14.2 Å². The average molecular weight is 586 g/mol. The lowest BCUT2D eigenvalue weighted by Gasteiger charge is -2.24. The summed E-state index contributed by atoms with van der Waals surface area (Å²) >= 11 is 1.51. The molecule has 0 aliphatic rings. The van der Waals surface area contributed by atoms with Crippen molar-refractivity contribution in [2.45, 2.75) is 37.0 Å². The van der Waals surface area contributed by atoms with Crippen molar-refractivity contribution in [1.29, 1.82) is 0 Å². The summed E-state index contributed by atoms with van der Waals surface area (Å²) in [6.07, 6.45) is 4.24. The number of carbonyl (C=O) groups excluding carboxylic acids is 1. The molecule has 0 aliphatic heterocycles. The Labute approximate surface area is 240 Å². The smallest absolute Gasteiger partial charge is 0.264 e. The van der Waals surface area contributed by atoms with Crippen molar-refractivity contribution in [3.8, 4) is 17.2 Å². The van der Waals surface area contributed by atoms with Gasteiger partial charge in [0, 0.05) is 4.90 Å². The molecule has 3 aromatic rings. The number of carbonyl (C=O) groups is 1. The number of sulfonamides is 1. The second-order valence-electron chi connectivity index (χ2n) is 8.39. The van der Waals surface area contributed by atoms with Gasteiger partial charge in [0.2, 0.25) is 0 Å². The number of thioether (sulfide) groups is 1. The van der Waals surface area contributed by atoms with E-state index >= 15 is 0 Å². The molecule has 0 aromatic heterocycles. The van der Waals surface area contributed by atoms with Gasteiger partial charge in [0.15, 0.2) is 11.5 Å². The Morgan fingerprint density at radius 2 is 1.62 bits per heavy atom. The molecule has 214 valence electrons. The summed E-state index contributed by atoms with van der Waals surface area (Å²) in [6.45, 7) is 6.80. The van der Waals surface area contributed by atoms with E-state index in [0.717, 1.165) is 15.6 Å². The minimum atomic E-state index is -4.06. The third-order valence-corrected chi connectivity index (χ3v) is 8.03. The number of nitrogens with one attached hydrogen (secondary N) is 1. The molecule has 1 amide bonds. The number of nitrogens with zero attached hydrogens (tertiary/aromatic N) is 2. The van der Waals surface area contributed by atoms with E-state index in [0.29, 0.717) is 48.3 Å². The fourth-order valence-electron chi connectivity index (χ4n) is 3.61. The maximum Gasteiger partial charge on any atom is 0.264 e. The SMILES string of the molecule is CCCOc1ccc(C=NNC(=O)CN(c2ccc(OCC)cc2)S(=O)(=O)c2ccc(SC)cc2)cc1OCC. The van der Waals surface area contributed by atoms with Gasteiger partial charge in [0.1, 0.15) is 12.3 Å². The number of amides is 1. The zero-order chi connectivity index (χ0) is 29.0. The van der Waals surface area contributed by atoms with Crippen LogP contribution in [0.15, 0.2) is 81.6 Å². The first kappa shape index (κ1) is 30.8. The van der Waals surface area contributed by atoms with Crippen LogP contribution in [-0.2, 0) is 14.8 Å². The van der Waals surface area contributed by atoms with Crippen molar-refractivity contribution in [2.24, 2.45) is 5.10 Å². The summed E-state index contributed by atoms with van der Waals surface area (Å²) in [7, 11) is -4.06. The minimum Gasteiger partial charge on any atom is -0.494 e. The standard InChI is InChI=1S/C29H35N3O6S2/c1-5-18-38-27-17-8-22(19-28(27)37-7-3)20-30-31-29(33)21-32(23-9-11-24(12-10-23)36-6-2)40(34,35)26-15-13-25(39-4)14-16-26/h8-17,19-20H,5-7,18,21H2,1-4H3,(H,31,33). The number of hydrogen-bond acceptors (Lipinski definition) is 8. The molecule has 0 atom stereocenters. The molecule has 0 unspecified atom stereocenters. The van der Waals surface area contributed by atoms with Gasteiger partial charge in [0.05, 0.1) is 36.6 Å². The van der Waals surface area contributed by atoms with Crippen molar-refractivity contribution in [1.82, 2.24) is 5.43 Å². The third-order valence-electron chi connectivity index (χ3n) is 5.50. The molecular formula is C29H35N3O6S2. The summed E-state index contributed by atoms with van der Waals surface area (Å²) < 4.78 is 45.2. The Balaban J connectivity index is 1.80. The zero-order valence-corrected chi connectivity index (χ0v) is 24.8. The molecule has 0 radical (unpaired) electrons. The van der Waals surface area contributed by atoms with E-state index in [1.54, 1.807) is 54.6 Å². The highest BCUT2D eigenvalue weighted by molar-refractivity contribution is 7.98. The van der Waals surface area contributed by atoms with E-state index in [1.165, 1.54) is 30.1 Å². The van der Waals surface area contributed by atoms with Crippen LogP contribution < -0.4 is 23.9 Å². The molecule has 9 nitrogen and oxygen atoms in total. The fourth-order valence-corrected chi connectivity index (χ4v) is 5.44. The zero-order valence-electron chi connectivity index (χ0n) is 23.1. The number of hydrogen-bond donors (Lipinski definition) is 1. The Bertz CT molecular complexity index is 1380. The van der Waals surface area contributed by atoms with E-state index in [9.17, 15) is 13.2 Å². The van der Waals surface area contributed by atoms with Crippen molar-refractivity contribution >= 4 is 39.6 Å². The Morgan fingerprint density at radius 1 is 0.925 bits per heavy atom. The maximum absolute atomic E-state index is 13.6. The normalized spacial score (nSPS) is 11.3. The topological polar surface area (TPSA) is 107 Å². The van der Waals surface area contributed by atoms with Crippen LogP contribution >= 0.6 is 11.8 Å². The molecule has 0 spiro atoms. The largest absolute Gasteiger partial charge is 0.494 e. The van der Waals surface area contributed by atoms with Crippen LogP contribution in [0.5, 0.6) is 17.2 Å². The number of benzene rings is 3. The molecular weight excluding hydrogens is 550 g/mol. The van der Waals surface area contributed by atoms with E-state index in [1.807, 2.05) is 27.0 Å². The Kier molecular flexibility index (Phi) is 11.7. The molecule has 3 aromatic carbocycles. The summed E-state index contributed by atoms with van der Waals surface area (Å²) in [5.74, 6) is 1.19. The van der Waals surface area contributed by atoms with Gasteiger partial charge in [-0.3, -0.25) is 9.10 Å². The lowest BCUT2D eigenvalue weighted by Crippen LogP contribution is -2.39. The fraction of sp³-hybridized carbons (Fsp3) is 0.310. The average Bonchev–Trinajstić information content (AvgIpc) is 2.96. The van der Waals surface area contributed by atoms with Crippen molar-refractivity contribution < 1.29 is 27.4 Å². The molecule has 0 heterocycles. The molecule has 0 saturated carbocycles. The Hall–Kier alpha value is -3.70. The monoisotopic (exact) mass is 585 g/mol. The second kappa shape index (κ2) is 15.2. The van der Waals surface area contributed by atoms with Gasteiger partial charge in [-0.15, -0.1) is 11.8 Å². The lowest BCUT2D eigenvalue weighted by molar-refractivity contribution is -0.119. The first-order valence-electron chi connectivity index (χ1n) is 12.9. The second-order valence-corrected chi connectivity index (χ2v) is 11.1. The summed E-state index contributed by atoms with van der Waals surface area (Å²) in [5, 5.41) is 4.03. The third kappa shape index (κ3) is 8.40. The molecule has 0 fully saturated rings. The van der Waals surface area contributed by atoms with Crippen LogP contribution in [0, 0.1) is 0 Å². The van der Waals surface area contributed by atoms with Gasteiger partial charge in [0.25, 0.3) is 15.9 Å². The highest BCUT2D eigenvalue weighted by Gasteiger charge is 2.27. The summed E-state index contributed by atoms with van der Waals surface area (Å²) in [5.41, 5.74) is 3.43. The van der Waals surface area contributed by atoms with Gasteiger partial charge >= 0.3 is 0 Å². The van der Waals surface area contributed by atoms with Crippen molar-refractivity contribution in [3.05, 3.63) is 72.3 Å². The van der Waals surface area contributed by atoms with E-state index in [-0.39, 0.29) is 4.90 Å². The molecule has 0 bridgehead atoms. The molecule has 0 aliphatic carbocycles. The molecule has 3 rings (SSSR count). The predicted octanol–water partition coefficient (Wildman–Crippen LogP) is 5.34. The van der Waals surface area contributed by atoms with Crippen LogP contribution in [0.1, 0.15) is 32.8 Å². The number of rotatable bonds is 15. The first-order valence-corrected chi connectivity index (χ1v) is 15.6. The molecule has 40 heavy (non-hydrogen) atoms. The Morgan fingerprint density at radius 3 is 2.25 bits per heavy atom. The highest BCUT2D eigenvalue weighted by atomic mass is 32.2. The van der Waals surface area contributed by atoms with Crippen LogP contribution in [0.3, 0.4) is 0 Å². The number of anilines is 1. The summed E-state index contributed by atoms with van der Waals surface area (Å²) in [6, 6.07) is 18.4. The van der Waals surface area contributed by atoms with Gasteiger partial charge in [-0.05, 0) is 98.8 Å². The molecule has 11 heteroatoms. The molecule has 0 saturated heterocycles. The van der Waals surface area contributed by atoms with Crippen LogP contribution in [-0.4, -0.2) is 53.2 Å². The van der Waals surface area contributed by atoms with E-state index in [4.69, 9.17) is 14.2 Å². The van der Waals surface area contributed by atoms with Crippen LogP contribution in [0.25, 0.3) is 0 Å². The van der Waals surface area contributed by atoms with Crippen LogP contribution in [0.4, 0.5) is 5.69 Å². The van der Waals surface area contributed by atoms with Gasteiger partial charge in [-0.1, -0.05) is 6.92 Å². The number of ether oxygens (including phenoxy) is 3. The quantitative estimate of drug-likeness (QED) is 0.146. The minimum absolute atomic E-state index is 0.0734. The highest BCUT2D eigenvalue weighted by Crippen LogP contribution is 2.29. The van der Waals surface area contributed by atoms with Gasteiger partial charge in [-0.2, -0.15) is 5.10 Å². The lowest BCUT2D eigenvalue weighted by atomic mass is 10.2. The predicted molar refractivity (Wildman–Crippen MR) is 159 cm³/mol. The molecule has 1 N–H and O–H groups in total.